The van der Waals surface area contributed by atoms with Gasteiger partial charge in [-0.2, -0.15) is 8.78 Å². The highest BCUT2D eigenvalue weighted by molar-refractivity contribution is 14.0. The fraction of sp³-hybridized carbons (Fsp3) is 0.350. The van der Waals surface area contributed by atoms with Gasteiger partial charge in [0.05, 0.1) is 21.3 Å². The van der Waals surface area contributed by atoms with Crippen LogP contribution >= 0.6 is 24.0 Å². The number of hydrogen-bond acceptors (Lipinski definition) is 5. The summed E-state index contributed by atoms with van der Waals surface area (Å²) < 4.78 is 45.3. The van der Waals surface area contributed by atoms with Crippen molar-refractivity contribution in [2.75, 3.05) is 28.4 Å². The lowest BCUT2D eigenvalue weighted by atomic mass is 10.2. The van der Waals surface area contributed by atoms with E-state index in [2.05, 4.69) is 20.4 Å². The maximum atomic E-state index is 12.6. The molecule has 0 amide bonds. The summed E-state index contributed by atoms with van der Waals surface area (Å²) in [7, 11) is 6.22. The molecule has 2 aromatic rings. The van der Waals surface area contributed by atoms with Crippen molar-refractivity contribution in [2.24, 2.45) is 4.99 Å². The molecule has 0 aliphatic heterocycles. The fourth-order valence-corrected chi connectivity index (χ4v) is 2.60. The number of hydrogen-bond donors (Lipinski definition) is 2. The minimum absolute atomic E-state index is 0. The zero-order valence-corrected chi connectivity index (χ0v) is 19.5. The second kappa shape index (κ2) is 12.9. The van der Waals surface area contributed by atoms with E-state index in [0.717, 1.165) is 11.1 Å². The van der Waals surface area contributed by atoms with Gasteiger partial charge in [-0.3, -0.25) is 4.99 Å². The molecule has 2 aromatic carbocycles. The fourth-order valence-electron chi connectivity index (χ4n) is 2.60. The molecule has 0 unspecified atom stereocenters. The third-order valence-electron chi connectivity index (χ3n) is 4.07. The van der Waals surface area contributed by atoms with E-state index in [4.69, 9.17) is 14.2 Å². The number of methoxy groups -OCH3 is 3. The van der Waals surface area contributed by atoms with Crippen molar-refractivity contribution in [3.63, 3.8) is 0 Å². The van der Waals surface area contributed by atoms with Crippen molar-refractivity contribution in [3.05, 3.63) is 47.5 Å². The van der Waals surface area contributed by atoms with Gasteiger partial charge in [0.1, 0.15) is 11.5 Å². The molecule has 0 spiro atoms. The summed E-state index contributed by atoms with van der Waals surface area (Å²) in [5.74, 6) is 2.15. The molecular formula is C20H26F2IN3O4. The first-order valence-electron chi connectivity index (χ1n) is 8.77. The first-order chi connectivity index (χ1) is 14.0. The summed E-state index contributed by atoms with van der Waals surface area (Å²) in [5, 5.41) is 6.30. The summed E-state index contributed by atoms with van der Waals surface area (Å²) >= 11 is 0. The minimum Gasteiger partial charge on any atom is -0.497 e. The van der Waals surface area contributed by atoms with E-state index in [0.29, 0.717) is 30.5 Å². The predicted molar refractivity (Wildman–Crippen MR) is 122 cm³/mol. The summed E-state index contributed by atoms with van der Waals surface area (Å²) in [6.45, 7) is -2.11. The highest BCUT2D eigenvalue weighted by Gasteiger charge is 2.12. The van der Waals surface area contributed by atoms with Crippen molar-refractivity contribution in [3.8, 4) is 23.0 Å². The highest BCUT2D eigenvalue weighted by Crippen LogP contribution is 2.29. The molecule has 0 fully saturated rings. The number of guanidine groups is 1. The van der Waals surface area contributed by atoms with Crippen molar-refractivity contribution in [1.82, 2.24) is 10.6 Å². The quantitative estimate of drug-likeness (QED) is 0.288. The Morgan fingerprint density at radius 2 is 1.60 bits per heavy atom. The second-order valence-electron chi connectivity index (χ2n) is 5.82. The van der Waals surface area contributed by atoms with Gasteiger partial charge in [0, 0.05) is 31.8 Å². The normalized spacial score (nSPS) is 10.8. The molecule has 7 nitrogen and oxygen atoms in total. The van der Waals surface area contributed by atoms with E-state index in [-0.39, 0.29) is 35.5 Å². The average molecular weight is 537 g/mol. The molecule has 10 heteroatoms. The Morgan fingerprint density at radius 3 is 2.20 bits per heavy atom. The smallest absolute Gasteiger partial charge is 0.387 e. The van der Waals surface area contributed by atoms with E-state index in [1.807, 2.05) is 12.1 Å². The third-order valence-corrected chi connectivity index (χ3v) is 4.07. The number of ether oxygens (including phenoxy) is 4. The average Bonchev–Trinajstić information content (AvgIpc) is 2.73. The van der Waals surface area contributed by atoms with Crippen LogP contribution in [0.15, 0.2) is 41.4 Å². The molecule has 0 aliphatic carbocycles. The highest BCUT2D eigenvalue weighted by atomic mass is 127. The first kappa shape index (κ1) is 25.5. The number of nitrogens with zero attached hydrogens (tertiary/aromatic N) is 1. The molecule has 0 radical (unpaired) electrons. The maximum absolute atomic E-state index is 12.6. The largest absolute Gasteiger partial charge is 0.497 e. The van der Waals surface area contributed by atoms with Crippen LogP contribution in [0.4, 0.5) is 8.78 Å². The lowest BCUT2D eigenvalue weighted by Gasteiger charge is -2.15. The van der Waals surface area contributed by atoms with Crippen LogP contribution in [0.2, 0.25) is 0 Å². The number of benzene rings is 2. The van der Waals surface area contributed by atoms with Crippen molar-refractivity contribution < 1.29 is 27.7 Å². The van der Waals surface area contributed by atoms with Crippen molar-refractivity contribution >= 4 is 29.9 Å². The van der Waals surface area contributed by atoms with Crippen LogP contribution in [0.5, 0.6) is 23.0 Å². The van der Waals surface area contributed by atoms with Crippen LogP contribution in [0, 0.1) is 0 Å². The van der Waals surface area contributed by atoms with Crippen LogP contribution in [0.3, 0.4) is 0 Å². The number of halogens is 3. The van der Waals surface area contributed by atoms with E-state index in [1.165, 1.54) is 13.2 Å². The van der Waals surface area contributed by atoms with Gasteiger partial charge in [-0.05, 0) is 29.8 Å². The summed E-state index contributed by atoms with van der Waals surface area (Å²) in [6, 6.07) is 10.4. The Hall–Kier alpha value is -2.50. The SMILES string of the molecule is CN=C(NCc1ccc(OC)c(OC(F)F)c1)NCc1ccc(OC)cc1OC.I. The Balaban J connectivity index is 0.00000450. The monoisotopic (exact) mass is 537 g/mol. The van der Waals surface area contributed by atoms with Gasteiger partial charge in [-0.1, -0.05) is 6.07 Å². The molecule has 2 rings (SSSR count). The summed E-state index contributed by atoms with van der Waals surface area (Å²) in [5.41, 5.74) is 1.65. The van der Waals surface area contributed by atoms with Crippen LogP contribution in [0.1, 0.15) is 11.1 Å². The van der Waals surface area contributed by atoms with Gasteiger partial charge < -0.3 is 29.6 Å². The molecule has 0 bridgehead atoms. The van der Waals surface area contributed by atoms with Crippen molar-refractivity contribution in [2.45, 2.75) is 19.7 Å². The Kier molecular flexibility index (Phi) is 11.0. The second-order valence-corrected chi connectivity index (χ2v) is 5.82. The van der Waals surface area contributed by atoms with Gasteiger partial charge in [0.25, 0.3) is 0 Å². The molecular weight excluding hydrogens is 511 g/mol. The molecule has 0 saturated heterocycles. The Morgan fingerprint density at radius 1 is 0.900 bits per heavy atom. The summed E-state index contributed by atoms with van der Waals surface area (Å²) in [4.78, 5) is 4.16. The van der Waals surface area contributed by atoms with Crippen LogP contribution in [-0.4, -0.2) is 40.9 Å². The molecule has 0 saturated carbocycles. The van der Waals surface area contributed by atoms with Gasteiger partial charge in [-0.25, -0.2) is 0 Å². The Bertz CT molecular complexity index is 838. The van der Waals surface area contributed by atoms with E-state index >= 15 is 0 Å². The van der Waals surface area contributed by atoms with E-state index < -0.39 is 6.61 Å². The minimum atomic E-state index is -2.93. The lowest BCUT2D eigenvalue weighted by molar-refractivity contribution is -0.0512. The van der Waals surface area contributed by atoms with Crippen LogP contribution < -0.4 is 29.6 Å². The molecule has 0 aliphatic rings. The summed E-state index contributed by atoms with van der Waals surface area (Å²) in [6.07, 6.45) is 0. The first-order valence-corrected chi connectivity index (χ1v) is 8.77. The van der Waals surface area contributed by atoms with Crippen LogP contribution in [-0.2, 0) is 13.1 Å². The molecule has 0 aromatic heterocycles. The lowest BCUT2D eigenvalue weighted by Crippen LogP contribution is -2.36. The Labute approximate surface area is 191 Å². The number of rotatable bonds is 9. The van der Waals surface area contributed by atoms with E-state index in [9.17, 15) is 8.78 Å². The molecule has 166 valence electrons. The zero-order valence-electron chi connectivity index (χ0n) is 17.2. The molecule has 0 heterocycles. The number of alkyl halides is 2. The van der Waals surface area contributed by atoms with Gasteiger partial charge in [0.2, 0.25) is 0 Å². The number of nitrogens with one attached hydrogen (secondary N) is 2. The molecule has 30 heavy (non-hydrogen) atoms. The van der Waals surface area contributed by atoms with Gasteiger partial charge in [-0.15, -0.1) is 24.0 Å². The standard InChI is InChI=1S/C20H25F2N3O4.HI/c1-23-20(25-12-14-6-7-15(26-2)10-17(14)28-4)24-11-13-5-8-16(27-3)18(9-13)29-19(21)22;/h5-10,19H,11-12H2,1-4H3,(H2,23,24,25);1H. The topological polar surface area (TPSA) is 73.3 Å². The van der Waals surface area contributed by atoms with Gasteiger partial charge >= 0.3 is 6.61 Å². The molecule has 2 N–H and O–H groups in total. The van der Waals surface area contributed by atoms with E-state index in [1.54, 1.807) is 39.5 Å². The van der Waals surface area contributed by atoms with Gasteiger partial charge in [0.15, 0.2) is 17.5 Å². The number of aliphatic imine (C=N–C) groups is 1. The third kappa shape index (κ3) is 7.39. The predicted octanol–water partition coefficient (Wildman–Crippen LogP) is 3.80. The maximum Gasteiger partial charge on any atom is 0.387 e. The van der Waals surface area contributed by atoms with Crippen molar-refractivity contribution in [1.29, 1.82) is 0 Å². The zero-order chi connectivity index (χ0) is 21.2. The van der Waals surface area contributed by atoms with Crippen LogP contribution in [0.25, 0.3) is 0 Å². The molecule has 0 atom stereocenters.